The van der Waals surface area contributed by atoms with Crippen LogP contribution in [-0.2, 0) is 16.8 Å². The minimum Gasteiger partial charge on any atom is -0.461 e. The van der Waals surface area contributed by atoms with Crippen molar-refractivity contribution in [1.29, 1.82) is 0 Å². The van der Waals surface area contributed by atoms with Gasteiger partial charge in [0.05, 0.1) is 18.4 Å². The minimum absolute atomic E-state index is 0.125. The van der Waals surface area contributed by atoms with E-state index in [2.05, 4.69) is 15.9 Å². The zero-order chi connectivity index (χ0) is 19.7. The molecule has 1 unspecified atom stereocenters. The first-order valence-corrected chi connectivity index (χ1v) is 9.73. The Bertz CT molecular complexity index is 1020. The van der Waals surface area contributed by atoms with Gasteiger partial charge >= 0.3 is 0 Å². The van der Waals surface area contributed by atoms with Gasteiger partial charge in [0.25, 0.3) is 5.91 Å². The Hall–Kier alpha value is -2.70. The van der Waals surface area contributed by atoms with Crippen LogP contribution in [0.25, 0.3) is 0 Å². The first-order chi connectivity index (χ1) is 13.5. The summed E-state index contributed by atoms with van der Waals surface area (Å²) in [5.41, 5.74) is 0.231. The number of aliphatic hydroxyl groups is 1. The lowest BCUT2D eigenvalue weighted by Crippen LogP contribution is -2.42. The lowest BCUT2D eigenvalue weighted by molar-refractivity contribution is -0.135. The summed E-state index contributed by atoms with van der Waals surface area (Å²) in [5.74, 6) is -0.784. The summed E-state index contributed by atoms with van der Waals surface area (Å²) in [6.07, 6.45) is 1.67. The summed E-state index contributed by atoms with van der Waals surface area (Å²) >= 11 is 3.39. The normalized spacial score (nSPS) is 18.4. The average molecular weight is 440 g/mol. The second-order valence-corrected chi connectivity index (χ2v) is 7.71. The second kappa shape index (κ2) is 7.37. The predicted molar refractivity (Wildman–Crippen MR) is 108 cm³/mol. The van der Waals surface area contributed by atoms with Crippen molar-refractivity contribution in [1.82, 2.24) is 0 Å². The van der Waals surface area contributed by atoms with Gasteiger partial charge in [0, 0.05) is 16.6 Å². The molecule has 2 heterocycles. The molecule has 6 heteroatoms. The fourth-order valence-electron chi connectivity index (χ4n) is 3.56. The highest BCUT2D eigenvalue weighted by Crippen LogP contribution is 2.44. The first-order valence-electron chi connectivity index (χ1n) is 8.94. The number of ketones is 1. The maximum absolute atomic E-state index is 13.2. The van der Waals surface area contributed by atoms with E-state index >= 15 is 0 Å². The Labute approximate surface area is 170 Å². The van der Waals surface area contributed by atoms with E-state index in [4.69, 9.17) is 4.42 Å². The number of furan rings is 1. The number of nitrogens with zero attached hydrogens (tertiary/aromatic N) is 1. The smallest absolute Gasteiger partial charge is 0.264 e. The van der Waals surface area contributed by atoms with Crippen molar-refractivity contribution in [3.05, 3.63) is 88.3 Å². The molecule has 142 valence electrons. The Morgan fingerprint density at radius 2 is 1.89 bits per heavy atom. The van der Waals surface area contributed by atoms with Crippen molar-refractivity contribution < 1.29 is 19.1 Å². The molecule has 3 aromatic rings. The lowest BCUT2D eigenvalue weighted by Gasteiger charge is -2.22. The number of carbonyl (C=O) groups excluding carboxylic acids is 2. The van der Waals surface area contributed by atoms with E-state index in [0.717, 1.165) is 10.0 Å². The predicted octanol–water partition coefficient (Wildman–Crippen LogP) is 4.09. The van der Waals surface area contributed by atoms with Gasteiger partial charge in [-0.05, 0) is 42.3 Å². The van der Waals surface area contributed by atoms with Crippen LogP contribution in [0, 0.1) is 0 Å². The zero-order valence-corrected chi connectivity index (χ0v) is 16.6. The Morgan fingerprint density at radius 1 is 1.11 bits per heavy atom. The quantitative estimate of drug-likeness (QED) is 0.587. The van der Waals surface area contributed by atoms with Crippen LogP contribution in [0.1, 0.15) is 28.1 Å². The summed E-state index contributed by atoms with van der Waals surface area (Å²) < 4.78 is 5.86. The number of amides is 1. The lowest BCUT2D eigenvalue weighted by atomic mass is 9.89. The Balaban J connectivity index is 1.65. The molecule has 1 N–H and O–H groups in total. The summed E-state index contributed by atoms with van der Waals surface area (Å²) in [4.78, 5) is 27.3. The molecule has 5 nitrogen and oxygen atoms in total. The third-order valence-electron chi connectivity index (χ3n) is 4.97. The SMILES string of the molecule is O=C(CC1(O)C(=O)N(CCc2ccccc2)c2ccc(Br)cc21)c1ccco1. The van der Waals surface area contributed by atoms with E-state index in [1.54, 1.807) is 23.1 Å². The van der Waals surface area contributed by atoms with Gasteiger partial charge in [-0.1, -0.05) is 46.3 Å². The van der Waals surface area contributed by atoms with E-state index in [9.17, 15) is 14.7 Å². The van der Waals surface area contributed by atoms with Crippen molar-refractivity contribution in [3.8, 4) is 0 Å². The van der Waals surface area contributed by atoms with Crippen LogP contribution in [0.5, 0.6) is 0 Å². The van der Waals surface area contributed by atoms with Crippen molar-refractivity contribution in [3.63, 3.8) is 0 Å². The van der Waals surface area contributed by atoms with Gasteiger partial charge in [-0.2, -0.15) is 0 Å². The van der Waals surface area contributed by atoms with Crippen LogP contribution < -0.4 is 4.90 Å². The molecule has 0 saturated heterocycles. The molecule has 1 atom stereocenters. The van der Waals surface area contributed by atoms with Crippen molar-refractivity contribution in [2.45, 2.75) is 18.4 Å². The monoisotopic (exact) mass is 439 g/mol. The highest BCUT2D eigenvalue weighted by molar-refractivity contribution is 9.10. The number of carbonyl (C=O) groups is 2. The summed E-state index contributed by atoms with van der Waals surface area (Å²) in [5, 5.41) is 11.3. The molecule has 1 aromatic heterocycles. The molecule has 0 aliphatic carbocycles. The zero-order valence-electron chi connectivity index (χ0n) is 15.0. The minimum atomic E-state index is -1.92. The van der Waals surface area contributed by atoms with Crippen molar-refractivity contribution >= 4 is 33.3 Å². The maximum Gasteiger partial charge on any atom is 0.264 e. The van der Waals surface area contributed by atoms with E-state index in [-0.39, 0.29) is 12.2 Å². The van der Waals surface area contributed by atoms with E-state index in [1.807, 2.05) is 36.4 Å². The molecule has 2 aromatic carbocycles. The van der Waals surface area contributed by atoms with Crippen molar-refractivity contribution in [2.24, 2.45) is 0 Å². The van der Waals surface area contributed by atoms with Crippen LogP contribution in [0.4, 0.5) is 5.69 Å². The Kier molecular flexibility index (Phi) is 4.91. The van der Waals surface area contributed by atoms with Gasteiger partial charge in [-0.3, -0.25) is 9.59 Å². The molecule has 0 radical (unpaired) electrons. The Morgan fingerprint density at radius 3 is 2.61 bits per heavy atom. The number of fused-ring (bicyclic) bond motifs is 1. The fraction of sp³-hybridized carbons (Fsp3) is 0.182. The number of halogens is 1. The van der Waals surface area contributed by atoms with Crippen LogP contribution in [0.15, 0.2) is 75.8 Å². The summed E-state index contributed by atoms with van der Waals surface area (Å²) in [6, 6.07) is 18.3. The van der Waals surface area contributed by atoms with E-state index in [0.29, 0.717) is 24.2 Å². The standard InChI is InChI=1S/C22H18BrNO4/c23-16-8-9-18-17(13-16)22(27,14-19(25)20-7-4-12-28-20)21(26)24(18)11-10-15-5-2-1-3-6-15/h1-9,12-13,27H,10-11,14H2. The molecule has 28 heavy (non-hydrogen) atoms. The number of hydrogen-bond acceptors (Lipinski definition) is 4. The summed E-state index contributed by atoms with van der Waals surface area (Å²) in [6.45, 7) is 0.411. The van der Waals surface area contributed by atoms with Crippen LogP contribution in [-0.4, -0.2) is 23.3 Å². The second-order valence-electron chi connectivity index (χ2n) is 6.79. The molecule has 1 aliphatic heterocycles. The number of benzene rings is 2. The first kappa shape index (κ1) is 18.7. The van der Waals surface area contributed by atoms with Gasteiger partial charge in [0.2, 0.25) is 5.78 Å². The van der Waals surface area contributed by atoms with Gasteiger partial charge in [0.1, 0.15) is 0 Å². The van der Waals surface area contributed by atoms with Gasteiger partial charge in [-0.25, -0.2) is 0 Å². The van der Waals surface area contributed by atoms with Gasteiger partial charge in [0.15, 0.2) is 11.4 Å². The molecule has 4 rings (SSSR count). The molecular weight excluding hydrogens is 422 g/mol. The van der Waals surface area contributed by atoms with E-state index in [1.165, 1.54) is 12.3 Å². The highest BCUT2D eigenvalue weighted by atomic mass is 79.9. The summed E-state index contributed by atoms with van der Waals surface area (Å²) in [7, 11) is 0. The third-order valence-corrected chi connectivity index (χ3v) is 5.47. The number of rotatable bonds is 6. The van der Waals surface area contributed by atoms with Crippen LogP contribution in [0.2, 0.25) is 0 Å². The largest absolute Gasteiger partial charge is 0.461 e. The fourth-order valence-corrected chi connectivity index (χ4v) is 3.92. The molecule has 1 aliphatic rings. The van der Waals surface area contributed by atoms with Crippen molar-refractivity contribution in [2.75, 3.05) is 11.4 Å². The topological polar surface area (TPSA) is 70.8 Å². The molecule has 1 amide bonds. The van der Waals surface area contributed by atoms with Crippen LogP contribution >= 0.6 is 15.9 Å². The number of hydrogen-bond donors (Lipinski definition) is 1. The average Bonchev–Trinajstić information content (AvgIpc) is 3.30. The molecule has 0 fully saturated rings. The maximum atomic E-state index is 13.2. The molecular formula is C22H18BrNO4. The van der Waals surface area contributed by atoms with Gasteiger partial charge < -0.3 is 14.4 Å². The number of Topliss-reactive ketones (excluding diaryl/α,β-unsaturated/α-hetero) is 1. The third kappa shape index (κ3) is 3.30. The van der Waals surface area contributed by atoms with E-state index < -0.39 is 17.3 Å². The number of anilines is 1. The molecule has 0 spiro atoms. The van der Waals surface area contributed by atoms with Gasteiger partial charge in [-0.15, -0.1) is 0 Å². The highest BCUT2D eigenvalue weighted by Gasteiger charge is 2.51. The van der Waals surface area contributed by atoms with Crippen LogP contribution in [0.3, 0.4) is 0 Å². The molecule has 0 bridgehead atoms. The molecule has 0 saturated carbocycles.